The lowest BCUT2D eigenvalue weighted by Gasteiger charge is -2.14. The van der Waals surface area contributed by atoms with Crippen LogP contribution in [0, 0.1) is 12.7 Å². The van der Waals surface area contributed by atoms with E-state index in [2.05, 4.69) is 15.3 Å². The summed E-state index contributed by atoms with van der Waals surface area (Å²) in [5, 5.41) is 12.8. The van der Waals surface area contributed by atoms with E-state index < -0.39 is 17.9 Å². The molecule has 4 aromatic rings. The average molecular weight is 421 g/mol. The van der Waals surface area contributed by atoms with Crippen LogP contribution in [0.3, 0.4) is 0 Å². The van der Waals surface area contributed by atoms with Gasteiger partial charge in [-0.15, -0.1) is 0 Å². The summed E-state index contributed by atoms with van der Waals surface area (Å²) in [5.41, 5.74) is 2.48. The molecule has 3 N–H and O–H groups in total. The molecule has 1 atom stereocenters. The summed E-state index contributed by atoms with van der Waals surface area (Å²) in [6.07, 6.45) is 1.57. The molecule has 0 aliphatic carbocycles. The molecular formula is C23H20FN3O4. The molecule has 0 aliphatic heterocycles. The molecule has 7 nitrogen and oxygen atoms in total. The van der Waals surface area contributed by atoms with Crippen LogP contribution in [0.1, 0.15) is 17.0 Å². The maximum Gasteiger partial charge on any atom is 0.326 e. The van der Waals surface area contributed by atoms with Gasteiger partial charge in [0.1, 0.15) is 17.6 Å². The van der Waals surface area contributed by atoms with E-state index in [9.17, 15) is 19.1 Å². The predicted molar refractivity (Wildman–Crippen MR) is 112 cm³/mol. The van der Waals surface area contributed by atoms with E-state index in [0.29, 0.717) is 33.8 Å². The molecule has 0 spiro atoms. The van der Waals surface area contributed by atoms with Crippen LogP contribution in [-0.2, 0) is 22.4 Å². The summed E-state index contributed by atoms with van der Waals surface area (Å²) < 4.78 is 19.0. The predicted octanol–water partition coefficient (Wildman–Crippen LogP) is 3.63. The highest BCUT2D eigenvalue weighted by Crippen LogP contribution is 2.22. The molecule has 31 heavy (non-hydrogen) atoms. The first-order chi connectivity index (χ1) is 14.9. The van der Waals surface area contributed by atoms with Gasteiger partial charge in [-0.25, -0.2) is 14.2 Å². The summed E-state index contributed by atoms with van der Waals surface area (Å²) >= 11 is 0. The Hall–Kier alpha value is -3.94. The number of nitrogens with zero attached hydrogens (tertiary/aromatic N) is 1. The lowest BCUT2D eigenvalue weighted by atomic mass is 10.0. The van der Waals surface area contributed by atoms with Gasteiger partial charge < -0.3 is 19.8 Å². The van der Waals surface area contributed by atoms with Crippen LogP contribution in [-0.4, -0.2) is 33.0 Å². The Morgan fingerprint density at radius 1 is 1.23 bits per heavy atom. The van der Waals surface area contributed by atoms with Gasteiger partial charge in [0.25, 0.3) is 0 Å². The third-order valence-electron chi connectivity index (χ3n) is 5.03. The van der Waals surface area contributed by atoms with E-state index in [-0.39, 0.29) is 18.7 Å². The number of benzene rings is 2. The first-order valence-electron chi connectivity index (χ1n) is 9.70. The highest BCUT2D eigenvalue weighted by atomic mass is 19.1. The van der Waals surface area contributed by atoms with Crippen molar-refractivity contribution in [2.24, 2.45) is 0 Å². The van der Waals surface area contributed by atoms with E-state index in [4.69, 9.17) is 4.42 Å². The second-order valence-corrected chi connectivity index (χ2v) is 7.23. The van der Waals surface area contributed by atoms with Crippen molar-refractivity contribution in [1.82, 2.24) is 15.3 Å². The van der Waals surface area contributed by atoms with E-state index in [1.807, 2.05) is 30.3 Å². The standard InChI is InChI=1S/C23H20FN3O4/c1-13-18(27-22(31-13)14-5-3-2-4-6-14)11-21(28)26-20(23(29)30)9-15-12-25-19-10-16(24)7-8-17(15)19/h2-8,10,12,20,25H,9,11H2,1H3,(H,26,28)(H,29,30)/t20-/m0/s1. The van der Waals surface area contributed by atoms with Gasteiger partial charge >= 0.3 is 5.97 Å². The zero-order valence-corrected chi connectivity index (χ0v) is 16.7. The van der Waals surface area contributed by atoms with Crippen molar-refractivity contribution in [1.29, 1.82) is 0 Å². The van der Waals surface area contributed by atoms with Gasteiger partial charge in [-0.2, -0.15) is 0 Å². The van der Waals surface area contributed by atoms with E-state index in [0.717, 1.165) is 5.56 Å². The van der Waals surface area contributed by atoms with Crippen molar-refractivity contribution in [3.8, 4) is 11.5 Å². The first-order valence-corrected chi connectivity index (χ1v) is 9.70. The Kier molecular flexibility index (Phi) is 5.53. The Morgan fingerprint density at radius 2 is 2.00 bits per heavy atom. The Labute approximate surface area is 176 Å². The second-order valence-electron chi connectivity index (χ2n) is 7.23. The fourth-order valence-corrected chi connectivity index (χ4v) is 3.44. The minimum Gasteiger partial charge on any atom is -0.480 e. The molecule has 0 saturated heterocycles. The molecule has 158 valence electrons. The molecule has 8 heteroatoms. The van der Waals surface area contributed by atoms with Gasteiger partial charge in [0.15, 0.2) is 0 Å². The Morgan fingerprint density at radius 3 is 2.74 bits per heavy atom. The Bertz CT molecular complexity index is 1250. The van der Waals surface area contributed by atoms with Crippen LogP contribution < -0.4 is 5.32 Å². The van der Waals surface area contributed by atoms with Crippen molar-refractivity contribution >= 4 is 22.8 Å². The number of H-pyrrole nitrogens is 1. The molecule has 0 fully saturated rings. The molecule has 0 radical (unpaired) electrons. The van der Waals surface area contributed by atoms with Crippen LogP contribution in [0.15, 0.2) is 59.1 Å². The Balaban J connectivity index is 1.47. The van der Waals surface area contributed by atoms with E-state index in [1.54, 1.807) is 19.2 Å². The number of halogens is 1. The zero-order valence-electron chi connectivity index (χ0n) is 16.7. The fraction of sp³-hybridized carbons (Fsp3) is 0.174. The molecule has 0 aliphatic rings. The average Bonchev–Trinajstić information content (AvgIpc) is 3.31. The minimum atomic E-state index is -1.16. The second kappa shape index (κ2) is 8.43. The van der Waals surface area contributed by atoms with Crippen molar-refractivity contribution in [2.45, 2.75) is 25.8 Å². The maximum absolute atomic E-state index is 13.4. The van der Waals surface area contributed by atoms with Crippen LogP contribution in [0.25, 0.3) is 22.4 Å². The lowest BCUT2D eigenvalue weighted by molar-refractivity contribution is -0.141. The topological polar surface area (TPSA) is 108 Å². The van der Waals surface area contributed by atoms with Gasteiger partial charge in [0, 0.05) is 29.1 Å². The summed E-state index contributed by atoms with van der Waals surface area (Å²) in [4.78, 5) is 31.6. The molecule has 0 unspecified atom stereocenters. The molecule has 1 amide bonds. The van der Waals surface area contributed by atoms with E-state index >= 15 is 0 Å². The number of aromatic amines is 1. The molecule has 2 heterocycles. The molecule has 0 bridgehead atoms. The molecule has 4 rings (SSSR count). The largest absolute Gasteiger partial charge is 0.480 e. The van der Waals surface area contributed by atoms with Crippen molar-refractivity contribution in [3.63, 3.8) is 0 Å². The van der Waals surface area contributed by atoms with Gasteiger partial charge in [0.05, 0.1) is 12.1 Å². The van der Waals surface area contributed by atoms with Crippen molar-refractivity contribution in [3.05, 3.63) is 77.6 Å². The zero-order chi connectivity index (χ0) is 22.0. The summed E-state index contributed by atoms with van der Waals surface area (Å²) in [6.45, 7) is 1.71. The molecule has 2 aromatic carbocycles. The third-order valence-corrected chi connectivity index (χ3v) is 5.03. The van der Waals surface area contributed by atoms with E-state index in [1.165, 1.54) is 12.1 Å². The van der Waals surface area contributed by atoms with Crippen molar-refractivity contribution in [2.75, 3.05) is 0 Å². The number of carbonyl (C=O) groups is 2. The number of rotatable bonds is 7. The highest BCUT2D eigenvalue weighted by Gasteiger charge is 2.23. The number of aryl methyl sites for hydroxylation is 1. The monoisotopic (exact) mass is 421 g/mol. The van der Waals surface area contributed by atoms with Gasteiger partial charge in [-0.1, -0.05) is 18.2 Å². The SMILES string of the molecule is Cc1oc(-c2ccccc2)nc1CC(=O)N[C@@H](Cc1c[nH]c2cc(F)ccc12)C(=O)O. The summed E-state index contributed by atoms with van der Waals surface area (Å²) in [6, 6.07) is 12.4. The smallest absolute Gasteiger partial charge is 0.326 e. The number of carboxylic acid groups (broad SMARTS) is 1. The molecular weight excluding hydrogens is 401 g/mol. The van der Waals surface area contributed by atoms with Crippen molar-refractivity contribution < 1.29 is 23.5 Å². The maximum atomic E-state index is 13.4. The van der Waals surface area contributed by atoms with Gasteiger partial charge in [-0.05, 0) is 42.8 Å². The molecule has 2 aromatic heterocycles. The van der Waals surface area contributed by atoms with Crippen LogP contribution in [0.4, 0.5) is 4.39 Å². The molecule has 0 saturated carbocycles. The third kappa shape index (κ3) is 4.48. The normalized spacial score (nSPS) is 12.1. The highest BCUT2D eigenvalue weighted by molar-refractivity contribution is 5.87. The number of hydrogen-bond acceptors (Lipinski definition) is 4. The number of nitrogens with one attached hydrogen (secondary N) is 2. The minimum absolute atomic E-state index is 0.0553. The number of carbonyl (C=O) groups excluding carboxylic acids is 1. The first kappa shape index (κ1) is 20.3. The number of carboxylic acids is 1. The number of amides is 1. The number of aliphatic carboxylic acids is 1. The van der Waals surface area contributed by atoms with Gasteiger partial charge in [-0.3, -0.25) is 4.79 Å². The lowest BCUT2D eigenvalue weighted by Crippen LogP contribution is -2.43. The van der Waals surface area contributed by atoms with Crippen LogP contribution in [0.2, 0.25) is 0 Å². The number of fused-ring (bicyclic) bond motifs is 1. The number of hydrogen-bond donors (Lipinski definition) is 3. The summed E-state index contributed by atoms with van der Waals surface area (Å²) in [7, 11) is 0. The van der Waals surface area contributed by atoms with Crippen LogP contribution in [0.5, 0.6) is 0 Å². The van der Waals surface area contributed by atoms with Gasteiger partial charge in [0.2, 0.25) is 11.8 Å². The fourth-order valence-electron chi connectivity index (χ4n) is 3.44. The quantitative estimate of drug-likeness (QED) is 0.422. The number of oxazole rings is 1. The van der Waals surface area contributed by atoms with Crippen LogP contribution >= 0.6 is 0 Å². The summed E-state index contributed by atoms with van der Waals surface area (Å²) in [5.74, 6) is -1.12. The number of aromatic nitrogens is 2.